The van der Waals surface area contributed by atoms with E-state index in [0.717, 1.165) is 4.31 Å². The van der Waals surface area contributed by atoms with E-state index in [0.29, 0.717) is 12.1 Å². The van der Waals surface area contributed by atoms with Crippen molar-refractivity contribution in [2.45, 2.75) is 25.2 Å². The Balaban J connectivity index is 3.15. The molecule has 0 saturated heterocycles. The molecule has 0 heterocycles. The van der Waals surface area contributed by atoms with Crippen molar-refractivity contribution in [3.63, 3.8) is 0 Å². The van der Waals surface area contributed by atoms with Gasteiger partial charge in [-0.3, -0.25) is 4.79 Å². The quantitative estimate of drug-likeness (QED) is 0.870. The summed E-state index contributed by atoms with van der Waals surface area (Å²) >= 11 is 0. The van der Waals surface area contributed by atoms with Gasteiger partial charge in [-0.2, -0.15) is 0 Å². The van der Waals surface area contributed by atoms with Gasteiger partial charge in [-0.25, -0.2) is 12.7 Å². The van der Waals surface area contributed by atoms with Crippen LogP contribution in [0.4, 0.5) is 5.69 Å². The van der Waals surface area contributed by atoms with Crippen LogP contribution in [0.2, 0.25) is 0 Å². The number of carbonyl (C=O) groups excluding carboxylic acids is 1. The second-order valence-electron chi connectivity index (χ2n) is 5.30. The fourth-order valence-electron chi connectivity index (χ4n) is 1.74. The summed E-state index contributed by atoms with van der Waals surface area (Å²) in [6.45, 7) is 3.88. The van der Waals surface area contributed by atoms with E-state index in [1.54, 1.807) is 6.07 Å². The molecule has 0 saturated carbocycles. The van der Waals surface area contributed by atoms with Gasteiger partial charge in [-0.15, -0.1) is 0 Å². The minimum absolute atomic E-state index is 0.0253. The zero-order valence-corrected chi connectivity index (χ0v) is 13.8. The number of nitrogens with one attached hydrogen (secondary N) is 1. The van der Waals surface area contributed by atoms with Gasteiger partial charge in [-0.1, -0.05) is 13.8 Å². The largest absolute Gasteiger partial charge is 0.495 e. The fraction of sp³-hybridized carbons (Fsp3) is 0.500. The van der Waals surface area contributed by atoms with Gasteiger partial charge >= 0.3 is 0 Å². The van der Waals surface area contributed by atoms with E-state index in [2.05, 4.69) is 5.32 Å². The average molecular weight is 314 g/mol. The van der Waals surface area contributed by atoms with Gasteiger partial charge in [-0.05, 0) is 24.1 Å². The molecule has 0 aliphatic heterocycles. The molecule has 0 radical (unpaired) electrons. The lowest BCUT2D eigenvalue weighted by molar-refractivity contribution is -0.116. The van der Waals surface area contributed by atoms with Crippen LogP contribution in [0.5, 0.6) is 5.75 Å². The third-order valence-corrected chi connectivity index (χ3v) is 4.64. The number of rotatable bonds is 6. The summed E-state index contributed by atoms with van der Waals surface area (Å²) in [4.78, 5) is 11.8. The SMILES string of the molecule is COc1ccc(NC(=O)CC(C)C)cc1S(=O)(=O)N(C)C. The highest BCUT2D eigenvalue weighted by molar-refractivity contribution is 7.89. The molecule has 0 aromatic heterocycles. The van der Waals surface area contributed by atoms with Crippen LogP contribution >= 0.6 is 0 Å². The molecule has 21 heavy (non-hydrogen) atoms. The van der Waals surface area contributed by atoms with Crippen LogP contribution in [-0.2, 0) is 14.8 Å². The summed E-state index contributed by atoms with van der Waals surface area (Å²) in [6.07, 6.45) is 0.377. The lowest BCUT2D eigenvalue weighted by Gasteiger charge is -2.16. The summed E-state index contributed by atoms with van der Waals surface area (Å²) < 4.78 is 30.7. The molecule has 0 aliphatic carbocycles. The summed E-state index contributed by atoms with van der Waals surface area (Å²) in [5, 5.41) is 2.70. The van der Waals surface area contributed by atoms with Gasteiger partial charge in [0.1, 0.15) is 10.6 Å². The highest BCUT2D eigenvalue weighted by Gasteiger charge is 2.23. The second kappa shape index (κ2) is 6.91. The lowest BCUT2D eigenvalue weighted by Crippen LogP contribution is -2.23. The van der Waals surface area contributed by atoms with E-state index >= 15 is 0 Å². The van der Waals surface area contributed by atoms with Crippen LogP contribution in [-0.4, -0.2) is 39.8 Å². The normalized spacial score (nSPS) is 11.8. The van der Waals surface area contributed by atoms with Crippen molar-refractivity contribution in [1.82, 2.24) is 4.31 Å². The fourth-order valence-corrected chi connectivity index (χ4v) is 2.81. The second-order valence-corrected chi connectivity index (χ2v) is 7.42. The molecular weight excluding hydrogens is 292 g/mol. The van der Waals surface area contributed by atoms with E-state index in [4.69, 9.17) is 4.74 Å². The number of nitrogens with zero attached hydrogens (tertiary/aromatic N) is 1. The topological polar surface area (TPSA) is 75.7 Å². The van der Waals surface area contributed by atoms with Gasteiger partial charge in [0, 0.05) is 26.2 Å². The van der Waals surface area contributed by atoms with E-state index in [9.17, 15) is 13.2 Å². The molecule has 1 N–H and O–H groups in total. The minimum atomic E-state index is -3.64. The molecule has 118 valence electrons. The highest BCUT2D eigenvalue weighted by Crippen LogP contribution is 2.28. The molecule has 0 bridgehead atoms. The van der Waals surface area contributed by atoms with Crippen molar-refractivity contribution in [3.8, 4) is 5.75 Å². The van der Waals surface area contributed by atoms with E-state index in [-0.39, 0.29) is 22.5 Å². The number of amides is 1. The van der Waals surface area contributed by atoms with Crippen LogP contribution in [0, 0.1) is 5.92 Å². The van der Waals surface area contributed by atoms with Crippen LogP contribution in [0.3, 0.4) is 0 Å². The maximum Gasteiger partial charge on any atom is 0.246 e. The third-order valence-electron chi connectivity index (χ3n) is 2.80. The molecule has 0 aliphatic rings. The van der Waals surface area contributed by atoms with Gasteiger partial charge in [0.25, 0.3) is 0 Å². The Morgan fingerprint density at radius 2 is 1.95 bits per heavy atom. The van der Waals surface area contributed by atoms with Crippen LogP contribution < -0.4 is 10.1 Å². The molecule has 1 amide bonds. The van der Waals surface area contributed by atoms with Crippen LogP contribution in [0.25, 0.3) is 0 Å². The van der Waals surface area contributed by atoms with Gasteiger partial charge in [0.05, 0.1) is 7.11 Å². The van der Waals surface area contributed by atoms with Crippen molar-refractivity contribution < 1.29 is 17.9 Å². The number of ether oxygens (including phenoxy) is 1. The molecule has 6 nitrogen and oxygen atoms in total. The summed E-state index contributed by atoms with van der Waals surface area (Å²) in [5.74, 6) is 0.321. The number of carbonyl (C=O) groups is 1. The predicted octanol–water partition coefficient (Wildman–Crippen LogP) is 1.93. The Hall–Kier alpha value is -1.60. The Kier molecular flexibility index (Phi) is 5.74. The Labute approximate surface area is 126 Å². The zero-order chi connectivity index (χ0) is 16.2. The maximum atomic E-state index is 12.3. The molecule has 7 heteroatoms. The van der Waals surface area contributed by atoms with Crippen molar-refractivity contribution in [2.75, 3.05) is 26.5 Å². The summed E-state index contributed by atoms with van der Waals surface area (Å²) in [6, 6.07) is 4.56. The number of hydrogen-bond acceptors (Lipinski definition) is 4. The Bertz CT molecular complexity index is 609. The zero-order valence-electron chi connectivity index (χ0n) is 13.0. The first-order valence-corrected chi connectivity index (χ1v) is 8.03. The van der Waals surface area contributed by atoms with Gasteiger partial charge < -0.3 is 10.1 Å². The van der Waals surface area contributed by atoms with Crippen molar-refractivity contribution in [1.29, 1.82) is 0 Å². The maximum absolute atomic E-state index is 12.3. The number of anilines is 1. The standard InChI is InChI=1S/C14H22N2O4S/c1-10(2)8-14(17)15-11-6-7-12(20-5)13(9-11)21(18,19)16(3)4/h6-7,9-10H,8H2,1-5H3,(H,15,17). The third kappa shape index (κ3) is 4.44. The molecule has 0 unspecified atom stereocenters. The van der Waals surface area contributed by atoms with Crippen molar-refractivity contribution in [2.24, 2.45) is 5.92 Å². The molecule has 1 rings (SSSR count). The molecule has 0 fully saturated rings. The van der Waals surface area contributed by atoms with E-state index in [1.807, 2.05) is 13.8 Å². The highest BCUT2D eigenvalue weighted by atomic mass is 32.2. The van der Waals surface area contributed by atoms with Crippen LogP contribution in [0.1, 0.15) is 20.3 Å². The van der Waals surface area contributed by atoms with Crippen LogP contribution in [0.15, 0.2) is 23.1 Å². The minimum Gasteiger partial charge on any atom is -0.495 e. The number of sulfonamides is 1. The average Bonchev–Trinajstić information content (AvgIpc) is 2.37. The first kappa shape index (κ1) is 17.5. The smallest absolute Gasteiger partial charge is 0.246 e. The molecule has 0 spiro atoms. The molecule has 0 atom stereocenters. The number of methoxy groups -OCH3 is 1. The monoisotopic (exact) mass is 314 g/mol. The first-order chi connectivity index (χ1) is 9.68. The number of hydrogen-bond donors (Lipinski definition) is 1. The van der Waals surface area contributed by atoms with E-state index < -0.39 is 10.0 Å². The summed E-state index contributed by atoms with van der Waals surface area (Å²) in [7, 11) is 0.646. The molecular formula is C14H22N2O4S. The Morgan fingerprint density at radius 1 is 1.33 bits per heavy atom. The molecule has 1 aromatic rings. The lowest BCUT2D eigenvalue weighted by atomic mass is 10.1. The molecule has 1 aromatic carbocycles. The van der Waals surface area contributed by atoms with Gasteiger partial charge in [0.2, 0.25) is 15.9 Å². The van der Waals surface area contributed by atoms with Crippen molar-refractivity contribution in [3.05, 3.63) is 18.2 Å². The first-order valence-electron chi connectivity index (χ1n) is 6.59. The Morgan fingerprint density at radius 3 is 2.43 bits per heavy atom. The summed E-state index contributed by atoms with van der Waals surface area (Å²) in [5.41, 5.74) is 0.432. The number of benzene rings is 1. The van der Waals surface area contributed by atoms with Crippen molar-refractivity contribution >= 4 is 21.6 Å². The van der Waals surface area contributed by atoms with Gasteiger partial charge in [0.15, 0.2) is 0 Å². The predicted molar refractivity (Wildman–Crippen MR) is 82.0 cm³/mol. The van der Waals surface area contributed by atoms with E-state index in [1.165, 1.54) is 33.3 Å².